The van der Waals surface area contributed by atoms with Crippen molar-refractivity contribution in [2.75, 3.05) is 18.2 Å². The topological polar surface area (TPSA) is 113 Å². The van der Waals surface area contributed by atoms with E-state index in [1.54, 1.807) is 34.7 Å². The minimum atomic E-state index is -0.251. The molecule has 0 bridgehead atoms. The van der Waals surface area contributed by atoms with Crippen molar-refractivity contribution in [1.29, 1.82) is 0 Å². The number of amides is 1. The summed E-state index contributed by atoms with van der Waals surface area (Å²) >= 11 is 7.31. The Hall–Kier alpha value is -3.44. The number of anilines is 1. The number of rotatable bonds is 7. The van der Waals surface area contributed by atoms with E-state index in [4.69, 9.17) is 16.3 Å². The molecule has 0 radical (unpaired) electrons. The average molecular weight is 457 g/mol. The van der Waals surface area contributed by atoms with Gasteiger partial charge in [0, 0.05) is 5.02 Å². The number of nitrogens with one attached hydrogen (secondary N) is 1. The fourth-order valence-corrected chi connectivity index (χ4v) is 3.70. The van der Waals surface area contributed by atoms with Crippen molar-refractivity contribution in [3.63, 3.8) is 0 Å². The lowest BCUT2D eigenvalue weighted by molar-refractivity contribution is -0.113. The van der Waals surface area contributed by atoms with E-state index in [1.807, 2.05) is 25.1 Å². The molecule has 2 aromatic carbocycles. The van der Waals surface area contributed by atoms with Gasteiger partial charge in [0.2, 0.25) is 11.1 Å². The molecule has 31 heavy (non-hydrogen) atoms. The number of methoxy groups -OCH3 is 1. The normalized spacial score (nSPS) is 10.8. The summed E-state index contributed by atoms with van der Waals surface area (Å²) < 4.78 is 8.50. The van der Waals surface area contributed by atoms with E-state index in [1.165, 1.54) is 24.4 Å². The molecule has 1 N–H and O–H groups in total. The van der Waals surface area contributed by atoms with Gasteiger partial charge in [-0.2, -0.15) is 9.78 Å². The summed E-state index contributed by atoms with van der Waals surface area (Å²) in [6.45, 7) is 1.96. The van der Waals surface area contributed by atoms with Crippen LogP contribution >= 0.6 is 23.4 Å². The van der Waals surface area contributed by atoms with E-state index in [9.17, 15) is 4.79 Å². The van der Waals surface area contributed by atoms with Crippen LogP contribution in [0.25, 0.3) is 11.4 Å². The molecule has 0 atom stereocenters. The number of carbonyl (C=O) groups is 1. The zero-order chi connectivity index (χ0) is 21.8. The number of hydrogen-bond donors (Lipinski definition) is 1. The second-order valence-electron chi connectivity index (χ2n) is 6.39. The molecule has 10 nitrogen and oxygen atoms in total. The standard InChI is InChI=1S/C19H17ClN8O2S/c1-12-3-6-17(30-2)16(7-12)28-19(24-25-26-28)31-9-18(29)23-14-8-13(20)4-5-15(14)27-11-21-10-22-27/h3-8,10-11H,9H2,1-2H3,(H,23,29). The Balaban J connectivity index is 1.50. The molecule has 0 aliphatic rings. The van der Waals surface area contributed by atoms with Gasteiger partial charge in [-0.05, 0) is 53.2 Å². The lowest BCUT2D eigenvalue weighted by Crippen LogP contribution is -2.16. The number of tetrazole rings is 1. The minimum Gasteiger partial charge on any atom is -0.494 e. The van der Waals surface area contributed by atoms with Crippen LogP contribution in [0.3, 0.4) is 0 Å². The highest BCUT2D eigenvalue weighted by Crippen LogP contribution is 2.28. The number of thioether (sulfide) groups is 1. The van der Waals surface area contributed by atoms with Crippen molar-refractivity contribution in [1.82, 2.24) is 35.0 Å². The predicted octanol–water partition coefficient (Wildman–Crippen LogP) is 2.94. The van der Waals surface area contributed by atoms with E-state index in [0.717, 1.165) is 5.56 Å². The predicted molar refractivity (Wildman–Crippen MR) is 116 cm³/mol. The molecule has 0 fully saturated rings. The summed E-state index contributed by atoms with van der Waals surface area (Å²) in [4.78, 5) is 16.6. The summed E-state index contributed by atoms with van der Waals surface area (Å²) in [6, 6.07) is 10.8. The number of hydrogen-bond acceptors (Lipinski definition) is 8. The fourth-order valence-electron chi connectivity index (χ4n) is 2.84. The highest BCUT2D eigenvalue weighted by atomic mass is 35.5. The maximum absolute atomic E-state index is 12.6. The van der Waals surface area contributed by atoms with Crippen LogP contribution in [0.1, 0.15) is 5.56 Å². The quantitative estimate of drug-likeness (QED) is 0.422. The van der Waals surface area contributed by atoms with Crippen LogP contribution in [0.5, 0.6) is 5.75 Å². The molecular weight excluding hydrogens is 440 g/mol. The molecule has 0 spiro atoms. The van der Waals surface area contributed by atoms with Crippen LogP contribution in [0.15, 0.2) is 54.2 Å². The van der Waals surface area contributed by atoms with Crippen LogP contribution in [0, 0.1) is 6.92 Å². The van der Waals surface area contributed by atoms with Gasteiger partial charge in [-0.1, -0.05) is 29.4 Å². The Morgan fingerprint density at radius 1 is 1.23 bits per heavy atom. The number of halogens is 1. The van der Waals surface area contributed by atoms with E-state index < -0.39 is 0 Å². The fraction of sp³-hybridized carbons (Fsp3) is 0.158. The molecule has 12 heteroatoms. The first-order valence-corrected chi connectivity index (χ1v) is 10.4. The molecule has 0 aliphatic carbocycles. The molecule has 4 aromatic rings. The molecule has 4 rings (SSSR count). The van der Waals surface area contributed by atoms with Gasteiger partial charge in [-0.3, -0.25) is 4.79 Å². The Labute approximate surface area is 186 Å². The first-order valence-electron chi connectivity index (χ1n) is 9.06. The molecule has 2 aromatic heterocycles. The van der Waals surface area contributed by atoms with Crippen molar-refractivity contribution >= 4 is 35.0 Å². The molecule has 0 saturated heterocycles. The first kappa shape index (κ1) is 20.8. The zero-order valence-electron chi connectivity index (χ0n) is 16.6. The largest absolute Gasteiger partial charge is 0.494 e. The number of ether oxygens (including phenoxy) is 1. The monoisotopic (exact) mass is 456 g/mol. The van der Waals surface area contributed by atoms with E-state index in [0.29, 0.717) is 33.0 Å². The van der Waals surface area contributed by atoms with E-state index >= 15 is 0 Å². The number of carbonyl (C=O) groups excluding carboxylic acids is 1. The smallest absolute Gasteiger partial charge is 0.234 e. The summed E-state index contributed by atoms with van der Waals surface area (Å²) in [5, 5.41) is 19.7. The SMILES string of the molecule is COc1ccc(C)cc1-n1nnnc1SCC(=O)Nc1cc(Cl)ccc1-n1cncn1. The maximum atomic E-state index is 12.6. The Kier molecular flexibility index (Phi) is 6.14. The second kappa shape index (κ2) is 9.14. The summed E-state index contributed by atoms with van der Waals surface area (Å²) in [6.07, 6.45) is 2.95. The minimum absolute atomic E-state index is 0.0812. The molecule has 0 aliphatic heterocycles. The highest BCUT2D eigenvalue weighted by molar-refractivity contribution is 7.99. The van der Waals surface area contributed by atoms with Crippen molar-refractivity contribution < 1.29 is 9.53 Å². The number of nitrogens with zero attached hydrogens (tertiary/aromatic N) is 7. The third kappa shape index (κ3) is 4.67. The van der Waals surface area contributed by atoms with Crippen molar-refractivity contribution in [2.24, 2.45) is 0 Å². The maximum Gasteiger partial charge on any atom is 0.234 e. The van der Waals surface area contributed by atoms with Crippen molar-refractivity contribution in [3.8, 4) is 17.1 Å². The second-order valence-corrected chi connectivity index (χ2v) is 7.77. The van der Waals surface area contributed by atoms with Gasteiger partial charge < -0.3 is 10.1 Å². The molecule has 158 valence electrons. The average Bonchev–Trinajstić information content (AvgIpc) is 3.44. The Morgan fingerprint density at radius 2 is 2.10 bits per heavy atom. The number of benzene rings is 2. The summed E-state index contributed by atoms with van der Waals surface area (Å²) in [7, 11) is 1.58. The van der Waals surface area contributed by atoms with Crippen LogP contribution in [0.2, 0.25) is 5.02 Å². The molecule has 2 heterocycles. The van der Waals surface area contributed by atoms with Crippen molar-refractivity contribution in [2.45, 2.75) is 12.1 Å². The van der Waals surface area contributed by atoms with E-state index in [-0.39, 0.29) is 11.7 Å². The highest BCUT2D eigenvalue weighted by Gasteiger charge is 2.16. The lowest BCUT2D eigenvalue weighted by atomic mass is 10.2. The van der Waals surface area contributed by atoms with Crippen LogP contribution < -0.4 is 10.1 Å². The Morgan fingerprint density at radius 3 is 2.87 bits per heavy atom. The lowest BCUT2D eigenvalue weighted by Gasteiger charge is -2.12. The van der Waals surface area contributed by atoms with Crippen LogP contribution in [-0.2, 0) is 4.79 Å². The third-order valence-electron chi connectivity index (χ3n) is 4.23. The molecular formula is C19H17ClN8O2S. The van der Waals surface area contributed by atoms with Gasteiger partial charge in [0.25, 0.3) is 0 Å². The van der Waals surface area contributed by atoms with E-state index in [2.05, 4.69) is 30.9 Å². The zero-order valence-corrected chi connectivity index (χ0v) is 18.1. The van der Waals surface area contributed by atoms with Crippen LogP contribution in [0.4, 0.5) is 5.69 Å². The number of aryl methyl sites for hydroxylation is 1. The van der Waals surface area contributed by atoms with Crippen molar-refractivity contribution in [3.05, 3.63) is 59.6 Å². The van der Waals surface area contributed by atoms with Gasteiger partial charge in [0.05, 0.1) is 24.2 Å². The summed E-state index contributed by atoms with van der Waals surface area (Å²) in [5.74, 6) is 0.456. The van der Waals surface area contributed by atoms with Gasteiger partial charge >= 0.3 is 0 Å². The molecule has 1 amide bonds. The number of aromatic nitrogens is 7. The van der Waals surface area contributed by atoms with Gasteiger partial charge in [-0.25, -0.2) is 9.67 Å². The Bertz CT molecular complexity index is 1210. The van der Waals surface area contributed by atoms with Gasteiger partial charge in [0.15, 0.2) is 0 Å². The van der Waals surface area contributed by atoms with Crippen LogP contribution in [-0.4, -0.2) is 53.7 Å². The molecule has 0 saturated carbocycles. The molecule has 0 unspecified atom stereocenters. The summed E-state index contributed by atoms with van der Waals surface area (Å²) in [5.41, 5.74) is 2.89. The van der Waals surface area contributed by atoms with Gasteiger partial charge in [0.1, 0.15) is 24.1 Å². The van der Waals surface area contributed by atoms with Gasteiger partial charge in [-0.15, -0.1) is 5.10 Å². The first-order chi connectivity index (χ1) is 15.0. The third-order valence-corrected chi connectivity index (χ3v) is 5.39.